The molecule has 2 fully saturated rings. The van der Waals surface area contributed by atoms with Gasteiger partial charge in [0.2, 0.25) is 0 Å². The Hall–Kier alpha value is -5.31. The molecule has 2 heterocycles. The molecule has 4 aromatic rings. The number of ether oxygens (including phenoxy) is 4. The van der Waals surface area contributed by atoms with E-state index in [1.807, 2.05) is 60.7 Å². The molecule has 228 valence electrons. The predicted octanol–water partition coefficient (Wildman–Crippen LogP) is 6.06. The molecule has 2 aliphatic heterocycles. The van der Waals surface area contributed by atoms with E-state index >= 15 is 0 Å². The molecule has 1 N–H and O–H groups in total. The molecule has 2 unspecified atom stereocenters. The lowest BCUT2D eigenvalue weighted by Gasteiger charge is -2.35. The maximum atomic E-state index is 14.6. The summed E-state index contributed by atoms with van der Waals surface area (Å²) < 4.78 is 22.4. The number of urea groups is 1. The molecule has 0 radical (unpaired) electrons. The van der Waals surface area contributed by atoms with Crippen molar-refractivity contribution in [3.05, 3.63) is 114 Å². The number of esters is 1. The SMILES string of the molecule is COc1ccc(CN2C(=O)N[C@](CC3c4ccccc4Oc4ccccc43)(C3CC3C(=O)Oc3ccc(OC)cc3)C2=O)cc1. The summed E-state index contributed by atoms with van der Waals surface area (Å²) in [4.78, 5) is 42.9. The first-order valence-electron chi connectivity index (χ1n) is 14.9. The Labute approximate surface area is 260 Å². The normalized spacial score (nSPS) is 21.7. The van der Waals surface area contributed by atoms with Crippen molar-refractivity contribution in [2.45, 2.75) is 30.8 Å². The highest BCUT2D eigenvalue weighted by molar-refractivity contribution is 6.08. The van der Waals surface area contributed by atoms with Crippen LogP contribution in [0.15, 0.2) is 97.1 Å². The molecule has 4 aromatic carbocycles. The van der Waals surface area contributed by atoms with Gasteiger partial charge >= 0.3 is 12.0 Å². The third kappa shape index (κ3) is 5.14. The molecule has 1 saturated heterocycles. The van der Waals surface area contributed by atoms with Crippen LogP contribution < -0.4 is 24.3 Å². The van der Waals surface area contributed by atoms with Crippen LogP contribution in [0.3, 0.4) is 0 Å². The molecule has 3 amide bonds. The van der Waals surface area contributed by atoms with Gasteiger partial charge in [0.05, 0.1) is 26.7 Å². The minimum atomic E-state index is -1.34. The lowest BCUT2D eigenvalue weighted by molar-refractivity contribution is -0.137. The second kappa shape index (κ2) is 11.3. The topological polar surface area (TPSA) is 103 Å². The van der Waals surface area contributed by atoms with Crippen LogP contribution >= 0.6 is 0 Å². The average molecular weight is 605 g/mol. The van der Waals surface area contributed by atoms with Gasteiger partial charge in [-0.05, 0) is 66.9 Å². The van der Waals surface area contributed by atoms with E-state index < -0.39 is 29.4 Å². The molecule has 7 rings (SSSR count). The van der Waals surface area contributed by atoms with E-state index in [1.165, 1.54) is 4.90 Å². The number of carbonyl (C=O) groups excluding carboxylic acids is 3. The molecule has 9 nitrogen and oxygen atoms in total. The van der Waals surface area contributed by atoms with Crippen LogP contribution in [-0.4, -0.2) is 42.6 Å². The largest absolute Gasteiger partial charge is 0.497 e. The fourth-order valence-electron chi connectivity index (χ4n) is 6.63. The third-order valence-electron chi connectivity index (χ3n) is 9.04. The van der Waals surface area contributed by atoms with E-state index in [4.69, 9.17) is 18.9 Å². The number of hydrogen-bond acceptors (Lipinski definition) is 7. The van der Waals surface area contributed by atoms with Gasteiger partial charge < -0.3 is 24.3 Å². The van der Waals surface area contributed by atoms with Gasteiger partial charge in [-0.15, -0.1) is 0 Å². The van der Waals surface area contributed by atoms with Gasteiger partial charge in [0, 0.05) is 23.0 Å². The Morgan fingerprint density at radius 1 is 0.822 bits per heavy atom. The molecular weight excluding hydrogens is 572 g/mol. The minimum absolute atomic E-state index is 0.0883. The average Bonchev–Trinajstić information content (AvgIpc) is 3.85. The van der Waals surface area contributed by atoms with Crippen molar-refractivity contribution in [2.24, 2.45) is 11.8 Å². The summed E-state index contributed by atoms with van der Waals surface area (Å²) in [5, 5.41) is 3.09. The van der Waals surface area contributed by atoms with Crippen molar-refractivity contribution in [1.29, 1.82) is 0 Å². The zero-order chi connectivity index (χ0) is 31.1. The molecule has 9 heteroatoms. The highest BCUT2D eigenvalue weighted by Crippen LogP contribution is 2.56. The van der Waals surface area contributed by atoms with Crippen LogP contribution in [-0.2, 0) is 16.1 Å². The van der Waals surface area contributed by atoms with Gasteiger partial charge in [0.1, 0.15) is 34.3 Å². The van der Waals surface area contributed by atoms with Gasteiger partial charge in [-0.25, -0.2) is 4.79 Å². The van der Waals surface area contributed by atoms with Crippen LogP contribution in [0.4, 0.5) is 4.79 Å². The summed E-state index contributed by atoms with van der Waals surface area (Å²) in [7, 11) is 3.15. The summed E-state index contributed by atoms with van der Waals surface area (Å²) in [6, 6.07) is 29.0. The number of amides is 3. The Morgan fingerprint density at radius 2 is 1.38 bits per heavy atom. The number of benzene rings is 4. The Bertz CT molecular complexity index is 1730. The number of fused-ring (bicyclic) bond motifs is 2. The Morgan fingerprint density at radius 3 is 1.98 bits per heavy atom. The third-order valence-corrected chi connectivity index (χ3v) is 9.04. The highest BCUT2D eigenvalue weighted by atomic mass is 16.5. The van der Waals surface area contributed by atoms with Crippen molar-refractivity contribution in [3.63, 3.8) is 0 Å². The smallest absolute Gasteiger partial charge is 0.325 e. The van der Waals surface area contributed by atoms with Crippen LogP contribution in [0.25, 0.3) is 0 Å². The van der Waals surface area contributed by atoms with Crippen LogP contribution in [0, 0.1) is 11.8 Å². The van der Waals surface area contributed by atoms with Gasteiger partial charge in [-0.3, -0.25) is 14.5 Å². The molecule has 45 heavy (non-hydrogen) atoms. The maximum Gasteiger partial charge on any atom is 0.325 e. The summed E-state index contributed by atoms with van der Waals surface area (Å²) >= 11 is 0. The molecule has 1 saturated carbocycles. The lowest BCUT2D eigenvalue weighted by Crippen LogP contribution is -2.51. The first kappa shape index (κ1) is 28.5. The predicted molar refractivity (Wildman–Crippen MR) is 164 cm³/mol. The van der Waals surface area contributed by atoms with Crippen molar-refractivity contribution >= 4 is 17.9 Å². The van der Waals surface area contributed by atoms with E-state index in [0.29, 0.717) is 35.2 Å². The van der Waals surface area contributed by atoms with Gasteiger partial charge in [-0.2, -0.15) is 0 Å². The number of methoxy groups -OCH3 is 2. The fraction of sp³-hybridized carbons (Fsp3) is 0.250. The van der Waals surface area contributed by atoms with E-state index in [-0.39, 0.29) is 24.8 Å². The lowest BCUT2D eigenvalue weighted by atomic mass is 9.75. The standard InChI is InChI=1S/C36H32N2O7/c1-42-23-13-11-22(12-14-23)21-38-34(40)36(37-35(38)41,30-19-28(30)33(39)44-25-17-15-24(43-2)16-18-25)20-29-26-7-3-5-9-31(26)45-32-10-6-4-8-27(29)32/h3-18,28-30H,19-21H2,1-2H3,(H,37,41)/t28?,30?,36-/m1/s1. The zero-order valence-electron chi connectivity index (χ0n) is 24.9. The number of nitrogens with one attached hydrogen (secondary N) is 1. The maximum absolute atomic E-state index is 14.6. The first-order valence-corrected chi connectivity index (χ1v) is 14.9. The number of carbonyl (C=O) groups is 3. The second-order valence-corrected chi connectivity index (χ2v) is 11.6. The van der Waals surface area contributed by atoms with Crippen LogP contribution in [0.1, 0.15) is 35.4 Å². The molecule has 3 atom stereocenters. The molecule has 0 spiro atoms. The zero-order valence-corrected chi connectivity index (χ0v) is 24.9. The molecule has 3 aliphatic rings. The minimum Gasteiger partial charge on any atom is -0.497 e. The summed E-state index contributed by atoms with van der Waals surface area (Å²) in [6.07, 6.45) is 0.662. The Balaban J connectivity index is 1.23. The molecular formula is C36H32N2O7. The fourth-order valence-corrected chi connectivity index (χ4v) is 6.63. The van der Waals surface area contributed by atoms with Gasteiger partial charge in [-0.1, -0.05) is 48.5 Å². The molecule has 1 aliphatic carbocycles. The monoisotopic (exact) mass is 604 g/mol. The number of rotatable bonds is 9. The van der Waals surface area contributed by atoms with E-state index in [9.17, 15) is 14.4 Å². The van der Waals surface area contributed by atoms with Crippen molar-refractivity contribution < 1.29 is 33.3 Å². The number of hydrogen-bond donors (Lipinski definition) is 1. The van der Waals surface area contributed by atoms with Crippen molar-refractivity contribution in [2.75, 3.05) is 14.2 Å². The Kier molecular flexibility index (Phi) is 7.16. The van der Waals surface area contributed by atoms with E-state index in [2.05, 4.69) is 5.32 Å². The number of nitrogens with zero attached hydrogens (tertiary/aromatic N) is 1. The summed E-state index contributed by atoms with van der Waals surface area (Å²) in [6.45, 7) is 0.0883. The summed E-state index contributed by atoms with van der Waals surface area (Å²) in [5.74, 6) is 1.03. The van der Waals surface area contributed by atoms with E-state index in [1.54, 1.807) is 50.6 Å². The van der Waals surface area contributed by atoms with Crippen LogP contribution in [0.2, 0.25) is 0 Å². The molecule has 0 aromatic heterocycles. The molecule has 0 bridgehead atoms. The van der Waals surface area contributed by atoms with Crippen LogP contribution in [0.5, 0.6) is 28.7 Å². The van der Waals surface area contributed by atoms with Gasteiger partial charge in [0.25, 0.3) is 5.91 Å². The first-order chi connectivity index (χ1) is 21.9. The van der Waals surface area contributed by atoms with Gasteiger partial charge in [0.15, 0.2) is 0 Å². The van der Waals surface area contributed by atoms with Crippen molar-refractivity contribution in [1.82, 2.24) is 10.2 Å². The van der Waals surface area contributed by atoms with E-state index in [0.717, 1.165) is 16.7 Å². The number of para-hydroxylation sites is 2. The second-order valence-electron chi connectivity index (χ2n) is 11.6. The van der Waals surface area contributed by atoms with Crippen molar-refractivity contribution in [3.8, 4) is 28.7 Å². The quantitative estimate of drug-likeness (QED) is 0.141. The summed E-state index contributed by atoms with van der Waals surface area (Å²) in [5.41, 5.74) is 1.28. The highest BCUT2D eigenvalue weighted by Gasteiger charge is 2.66. The number of imide groups is 1.